The zero-order chi connectivity index (χ0) is 30.5. The molecule has 0 amide bonds. The number of thioether (sulfide) groups is 2. The quantitative estimate of drug-likeness (QED) is 0.295. The third kappa shape index (κ3) is 4.26. The Morgan fingerprint density at radius 3 is 2.21 bits per heavy atom. The van der Waals surface area contributed by atoms with Crippen LogP contribution in [0.25, 0.3) is 0 Å². The minimum atomic E-state index is -0.332. The zero-order valence-electron chi connectivity index (χ0n) is 28.1. The maximum absolute atomic E-state index is 14.1. The topological polar surface area (TPSA) is 43.4 Å². The van der Waals surface area contributed by atoms with Gasteiger partial charge in [0.15, 0.2) is 5.78 Å². The second-order valence-corrected chi connectivity index (χ2v) is 19.9. The van der Waals surface area contributed by atoms with E-state index in [0.717, 1.165) is 47.7 Å². The first kappa shape index (κ1) is 31.6. The Hall–Kier alpha value is -0.420. The predicted octanol–water partition coefficient (Wildman–Crippen LogP) is 9.73. The van der Waals surface area contributed by atoms with Crippen molar-refractivity contribution in [3.05, 3.63) is 11.1 Å². The number of fused-ring (bicyclic) bond motifs is 7. The molecule has 5 heteroatoms. The molecule has 0 aromatic rings. The molecule has 9 atom stereocenters. The smallest absolute Gasteiger partial charge is 0.303 e. The fourth-order valence-corrected chi connectivity index (χ4v) is 15.7. The summed E-state index contributed by atoms with van der Waals surface area (Å²) in [6, 6.07) is 0. The van der Waals surface area contributed by atoms with Gasteiger partial charge in [-0.3, -0.25) is 9.59 Å². The van der Waals surface area contributed by atoms with Crippen LogP contribution in [0, 0.1) is 56.7 Å². The molecule has 0 spiro atoms. The largest absolute Gasteiger partial charge is 0.460 e. The molecular weight excluding hydrogens is 557 g/mol. The van der Waals surface area contributed by atoms with E-state index in [9.17, 15) is 9.59 Å². The van der Waals surface area contributed by atoms with Crippen LogP contribution in [0.1, 0.15) is 127 Å². The molecule has 0 aromatic heterocycles. The Kier molecular flexibility index (Phi) is 7.94. The summed E-state index contributed by atoms with van der Waals surface area (Å²) in [5.74, 6) is 5.33. The average molecular weight is 615 g/mol. The Morgan fingerprint density at radius 1 is 0.881 bits per heavy atom. The van der Waals surface area contributed by atoms with Crippen molar-refractivity contribution < 1.29 is 14.3 Å². The van der Waals surface area contributed by atoms with E-state index < -0.39 is 0 Å². The minimum Gasteiger partial charge on any atom is -0.460 e. The van der Waals surface area contributed by atoms with Crippen molar-refractivity contribution in [1.82, 2.24) is 0 Å². The lowest BCUT2D eigenvalue weighted by Gasteiger charge is -2.72. The number of ketones is 1. The van der Waals surface area contributed by atoms with Crippen molar-refractivity contribution in [2.45, 2.75) is 137 Å². The fourth-order valence-electron chi connectivity index (χ4n) is 12.5. The molecule has 5 aliphatic carbocycles. The first-order chi connectivity index (χ1) is 19.6. The maximum atomic E-state index is 14.1. The lowest BCUT2D eigenvalue weighted by Crippen LogP contribution is -2.65. The number of Topliss-reactive ketones (excluding diaryl/α,β-unsaturated/α-hetero) is 1. The van der Waals surface area contributed by atoms with Crippen LogP contribution in [-0.4, -0.2) is 33.9 Å². The van der Waals surface area contributed by atoms with E-state index in [1.54, 1.807) is 6.92 Å². The monoisotopic (exact) mass is 614 g/mol. The third-order valence-electron chi connectivity index (χ3n) is 15.0. The van der Waals surface area contributed by atoms with Crippen molar-refractivity contribution >= 4 is 35.3 Å². The Balaban J connectivity index is 1.45. The molecule has 3 nitrogen and oxygen atoms in total. The Morgan fingerprint density at radius 2 is 1.57 bits per heavy atom. The second kappa shape index (κ2) is 10.6. The standard InChI is InChI=1S/C37H58O3S2/c1-22(2)29-26(39)21-37(31(40-24(4)38)32-41-19-10-20-42-32)18-17-35(8)25(30(29)37)11-12-28-34(7)15-13-23(3)33(5,6)27(34)14-16-36(28,35)9/h22-23,25,27-28,31-32H,10-21H2,1-9H3/t23-,25+,27-,28+,31?,34-,35+,36+,37+/m0/s1. The Labute approximate surface area is 265 Å². The van der Waals surface area contributed by atoms with Gasteiger partial charge in [-0.1, -0.05) is 55.4 Å². The van der Waals surface area contributed by atoms with Crippen LogP contribution in [0.2, 0.25) is 0 Å². The summed E-state index contributed by atoms with van der Waals surface area (Å²) in [7, 11) is 0. The summed E-state index contributed by atoms with van der Waals surface area (Å²) in [4.78, 5) is 26.8. The van der Waals surface area contributed by atoms with E-state index in [4.69, 9.17) is 4.74 Å². The van der Waals surface area contributed by atoms with Gasteiger partial charge in [0.25, 0.3) is 0 Å². The van der Waals surface area contributed by atoms with Gasteiger partial charge < -0.3 is 4.74 Å². The molecule has 5 fully saturated rings. The maximum Gasteiger partial charge on any atom is 0.303 e. The minimum absolute atomic E-state index is 0.161. The van der Waals surface area contributed by atoms with Gasteiger partial charge in [-0.05, 0) is 132 Å². The van der Waals surface area contributed by atoms with Gasteiger partial charge in [-0.2, -0.15) is 0 Å². The van der Waals surface area contributed by atoms with E-state index in [2.05, 4.69) is 55.4 Å². The molecule has 0 bridgehead atoms. The highest BCUT2D eigenvalue weighted by Gasteiger charge is 2.71. The first-order valence-electron chi connectivity index (χ1n) is 17.3. The van der Waals surface area contributed by atoms with Crippen LogP contribution < -0.4 is 0 Å². The van der Waals surface area contributed by atoms with Crippen LogP contribution in [0.3, 0.4) is 0 Å². The van der Waals surface area contributed by atoms with Crippen LogP contribution in [0.15, 0.2) is 11.1 Å². The van der Waals surface area contributed by atoms with Gasteiger partial charge in [0, 0.05) is 18.8 Å². The van der Waals surface area contributed by atoms with E-state index in [1.807, 2.05) is 23.5 Å². The van der Waals surface area contributed by atoms with Crippen molar-refractivity contribution in [1.29, 1.82) is 0 Å². The highest BCUT2D eigenvalue weighted by Crippen LogP contribution is 2.77. The molecular formula is C37H58O3S2. The van der Waals surface area contributed by atoms with Crippen LogP contribution in [0.4, 0.5) is 0 Å². The predicted molar refractivity (Wildman–Crippen MR) is 177 cm³/mol. The second-order valence-electron chi connectivity index (χ2n) is 17.1. The van der Waals surface area contributed by atoms with Crippen molar-refractivity contribution in [2.24, 2.45) is 56.7 Å². The number of hydrogen-bond donors (Lipinski definition) is 0. The molecule has 0 N–H and O–H groups in total. The van der Waals surface area contributed by atoms with Crippen LogP contribution in [0.5, 0.6) is 0 Å². The van der Waals surface area contributed by atoms with E-state index in [0.29, 0.717) is 29.0 Å². The molecule has 1 heterocycles. The Bertz CT molecular complexity index is 1150. The molecule has 0 aromatic carbocycles. The molecule has 1 aliphatic heterocycles. The third-order valence-corrected chi connectivity index (χ3v) is 18.0. The fraction of sp³-hybridized carbons (Fsp3) is 0.892. The molecule has 6 aliphatic rings. The molecule has 42 heavy (non-hydrogen) atoms. The number of ether oxygens (including phenoxy) is 1. The lowest BCUT2D eigenvalue weighted by atomic mass is 9.32. The molecule has 4 saturated carbocycles. The summed E-state index contributed by atoms with van der Waals surface area (Å²) < 4.78 is 6.62. The summed E-state index contributed by atoms with van der Waals surface area (Å²) >= 11 is 3.94. The molecule has 236 valence electrons. The van der Waals surface area contributed by atoms with Gasteiger partial charge in [-0.25, -0.2) is 0 Å². The van der Waals surface area contributed by atoms with Gasteiger partial charge in [-0.15, -0.1) is 23.5 Å². The number of esters is 1. The number of carbonyl (C=O) groups excluding carboxylic acids is 2. The van der Waals surface area contributed by atoms with Crippen molar-refractivity contribution in [3.63, 3.8) is 0 Å². The summed E-state index contributed by atoms with van der Waals surface area (Å²) in [6.45, 7) is 21.7. The van der Waals surface area contributed by atoms with E-state index in [1.165, 1.54) is 50.5 Å². The highest BCUT2D eigenvalue weighted by atomic mass is 32.2. The summed E-state index contributed by atoms with van der Waals surface area (Å²) in [6.07, 6.45) is 11.5. The highest BCUT2D eigenvalue weighted by molar-refractivity contribution is 8.17. The van der Waals surface area contributed by atoms with Gasteiger partial charge in [0.05, 0.1) is 4.58 Å². The summed E-state index contributed by atoms with van der Waals surface area (Å²) in [5.41, 5.74) is 3.45. The zero-order valence-corrected chi connectivity index (χ0v) is 29.7. The van der Waals surface area contributed by atoms with E-state index in [-0.39, 0.29) is 38.8 Å². The molecule has 1 unspecified atom stereocenters. The SMILES string of the molecule is CC(=O)OC(C1SCCCS1)[C@@]12CC[C@]3(C)[C@H](CC[C@@H]4[C@@]5(C)CC[C@H](C)C(C)(C)[C@@H]5CC[C@]43C)C1=C(C(C)C)C(=O)C2. The lowest BCUT2D eigenvalue weighted by molar-refractivity contribution is -0.222. The molecule has 1 saturated heterocycles. The average Bonchev–Trinajstić information content (AvgIpc) is 3.23. The van der Waals surface area contributed by atoms with Crippen molar-refractivity contribution in [3.8, 4) is 0 Å². The number of allylic oxidation sites excluding steroid dienone is 1. The van der Waals surface area contributed by atoms with E-state index >= 15 is 0 Å². The van der Waals surface area contributed by atoms with Gasteiger partial charge in [0.2, 0.25) is 0 Å². The van der Waals surface area contributed by atoms with Crippen molar-refractivity contribution in [2.75, 3.05) is 11.5 Å². The normalized spacial score (nSPS) is 46.0. The number of carbonyl (C=O) groups is 2. The number of rotatable bonds is 4. The van der Waals surface area contributed by atoms with Gasteiger partial charge in [0.1, 0.15) is 6.10 Å². The summed E-state index contributed by atoms with van der Waals surface area (Å²) in [5, 5.41) is 0. The number of hydrogen-bond acceptors (Lipinski definition) is 5. The molecule has 6 rings (SSSR count). The van der Waals surface area contributed by atoms with Crippen LogP contribution >= 0.6 is 23.5 Å². The first-order valence-corrected chi connectivity index (χ1v) is 19.4. The van der Waals surface area contributed by atoms with Gasteiger partial charge >= 0.3 is 5.97 Å². The van der Waals surface area contributed by atoms with Crippen LogP contribution in [-0.2, 0) is 14.3 Å². The molecule has 0 radical (unpaired) electrons.